The van der Waals surface area contributed by atoms with Crippen LogP contribution in [0.3, 0.4) is 0 Å². The van der Waals surface area contributed by atoms with Gasteiger partial charge in [0.1, 0.15) is 5.75 Å². The highest BCUT2D eigenvalue weighted by Crippen LogP contribution is 2.34. The number of hydrogen-bond acceptors (Lipinski definition) is 7. The number of anilines is 1. The number of benzene rings is 3. The first-order chi connectivity index (χ1) is 20.0. The van der Waals surface area contributed by atoms with Crippen molar-refractivity contribution in [1.29, 1.82) is 0 Å². The first kappa shape index (κ1) is 28.1. The Labute approximate surface area is 244 Å². The summed E-state index contributed by atoms with van der Waals surface area (Å²) in [7, 11) is -3.51. The van der Waals surface area contributed by atoms with Gasteiger partial charge in [-0.25, -0.2) is 8.42 Å². The maximum absolute atomic E-state index is 13.5. The van der Waals surface area contributed by atoms with E-state index in [1.54, 1.807) is 16.4 Å². The van der Waals surface area contributed by atoms with Gasteiger partial charge in [0.15, 0.2) is 0 Å². The minimum absolute atomic E-state index is 0.254. The lowest BCUT2D eigenvalue weighted by atomic mass is 10.1. The fourth-order valence-electron chi connectivity index (χ4n) is 5.45. The number of carbonyl (C=O) groups is 1. The number of unbranched alkanes of at least 4 members (excludes halogenated alkanes) is 1. The molecule has 1 N–H and O–H groups in total. The van der Waals surface area contributed by atoms with Crippen LogP contribution >= 0.6 is 11.3 Å². The van der Waals surface area contributed by atoms with E-state index in [-0.39, 0.29) is 5.91 Å². The van der Waals surface area contributed by atoms with E-state index in [4.69, 9.17) is 9.47 Å². The molecule has 2 aliphatic heterocycles. The SMILES string of the molecule is O=C(Nc1cc2ccc(S(=O)(=O)N3CCCC3)cc2s1)c1cc2ccccc2cc1OCCCCN1CCOCC1. The highest BCUT2D eigenvalue weighted by atomic mass is 32.2. The Balaban J connectivity index is 1.17. The fourth-order valence-corrected chi connectivity index (χ4v) is 8.07. The normalized spacial score (nSPS) is 16.9. The number of sulfonamides is 1. The lowest BCUT2D eigenvalue weighted by molar-refractivity contribution is 0.0368. The van der Waals surface area contributed by atoms with E-state index in [2.05, 4.69) is 10.2 Å². The van der Waals surface area contributed by atoms with Gasteiger partial charge in [0.2, 0.25) is 10.0 Å². The molecule has 4 aromatic rings. The Morgan fingerprint density at radius 3 is 2.44 bits per heavy atom. The Morgan fingerprint density at radius 2 is 1.66 bits per heavy atom. The standard InChI is InChI=1S/C31H35N3O5S2/c35-31(32-30-21-25-9-10-26(22-29(25)40-30)41(36,37)34-12-3-4-13-34)27-19-23-7-1-2-8-24(23)20-28(27)39-16-6-5-11-33-14-17-38-18-15-33/h1-2,7-10,19-22H,3-6,11-18H2,(H,32,35). The van der Waals surface area contributed by atoms with Crippen molar-refractivity contribution in [3.05, 3.63) is 66.2 Å². The van der Waals surface area contributed by atoms with Crippen molar-refractivity contribution in [3.8, 4) is 5.75 Å². The molecule has 2 saturated heterocycles. The van der Waals surface area contributed by atoms with Gasteiger partial charge in [0.25, 0.3) is 5.91 Å². The van der Waals surface area contributed by atoms with Gasteiger partial charge >= 0.3 is 0 Å². The van der Waals surface area contributed by atoms with Gasteiger partial charge in [-0.3, -0.25) is 9.69 Å². The molecule has 0 aliphatic carbocycles. The van der Waals surface area contributed by atoms with Gasteiger partial charge in [0.05, 0.1) is 35.3 Å². The molecule has 3 aromatic carbocycles. The van der Waals surface area contributed by atoms with Crippen LogP contribution in [0.5, 0.6) is 5.75 Å². The average Bonchev–Trinajstić information content (AvgIpc) is 3.67. The Bertz CT molecular complexity index is 1640. The fraction of sp³-hybridized carbons (Fsp3) is 0.387. The van der Waals surface area contributed by atoms with Crippen LogP contribution in [0.25, 0.3) is 20.9 Å². The summed E-state index contributed by atoms with van der Waals surface area (Å²) >= 11 is 1.37. The molecule has 3 heterocycles. The first-order valence-electron chi connectivity index (χ1n) is 14.3. The summed E-state index contributed by atoms with van der Waals surface area (Å²) in [5.74, 6) is 0.309. The Kier molecular flexibility index (Phi) is 8.55. The minimum atomic E-state index is -3.51. The van der Waals surface area contributed by atoms with E-state index in [0.29, 0.717) is 40.9 Å². The van der Waals surface area contributed by atoms with Crippen molar-refractivity contribution < 1.29 is 22.7 Å². The van der Waals surface area contributed by atoms with Crippen molar-refractivity contribution in [2.24, 2.45) is 0 Å². The zero-order valence-electron chi connectivity index (χ0n) is 23.0. The van der Waals surface area contributed by atoms with E-state index in [0.717, 1.165) is 79.4 Å². The second kappa shape index (κ2) is 12.5. The molecule has 216 valence electrons. The lowest BCUT2D eigenvalue weighted by Gasteiger charge is -2.26. The molecule has 0 spiro atoms. The van der Waals surface area contributed by atoms with E-state index >= 15 is 0 Å². The predicted molar refractivity (Wildman–Crippen MR) is 164 cm³/mol. The zero-order valence-corrected chi connectivity index (χ0v) is 24.6. The molecule has 0 unspecified atom stereocenters. The van der Waals surface area contributed by atoms with Crippen molar-refractivity contribution >= 4 is 53.1 Å². The van der Waals surface area contributed by atoms with Crippen LogP contribution in [0.1, 0.15) is 36.0 Å². The third-order valence-electron chi connectivity index (χ3n) is 7.75. The molecule has 1 amide bonds. The molecule has 6 rings (SSSR count). The molecular formula is C31H35N3O5S2. The second-order valence-electron chi connectivity index (χ2n) is 10.6. The summed E-state index contributed by atoms with van der Waals surface area (Å²) in [5, 5.41) is 6.56. The van der Waals surface area contributed by atoms with Gasteiger partial charge in [-0.2, -0.15) is 4.31 Å². The topological polar surface area (TPSA) is 88.2 Å². The number of carbonyl (C=O) groups excluding carboxylic acids is 1. The molecule has 10 heteroatoms. The summed E-state index contributed by atoms with van der Waals surface area (Å²) in [5.41, 5.74) is 0.478. The zero-order chi connectivity index (χ0) is 28.2. The number of thiophene rings is 1. The molecule has 0 radical (unpaired) electrons. The molecule has 0 bridgehead atoms. The highest BCUT2D eigenvalue weighted by Gasteiger charge is 2.27. The molecule has 0 saturated carbocycles. The number of nitrogens with zero attached hydrogens (tertiary/aromatic N) is 2. The van der Waals surface area contributed by atoms with Crippen molar-refractivity contribution in [1.82, 2.24) is 9.21 Å². The molecule has 0 atom stereocenters. The second-order valence-corrected chi connectivity index (χ2v) is 13.6. The van der Waals surface area contributed by atoms with Crippen molar-refractivity contribution in [2.75, 3.05) is 57.9 Å². The number of ether oxygens (including phenoxy) is 2. The molecule has 1 aromatic heterocycles. The van der Waals surface area contributed by atoms with Gasteiger partial charge in [-0.15, -0.1) is 11.3 Å². The third-order valence-corrected chi connectivity index (χ3v) is 10.7. The van der Waals surface area contributed by atoms with Crippen LogP contribution in [0.4, 0.5) is 5.00 Å². The van der Waals surface area contributed by atoms with E-state index in [1.807, 2.05) is 48.5 Å². The summed E-state index contributed by atoms with van der Waals surface area (Å²) < 4.78 is 40.1. The maximum Gasteiger partial charge on any atom is 0.260 e. The van der Waals surface area contributed by atoms with Crippen LogP contribution in [0.2, 0.25) is 0 Å². The van der Waals surface area contributed by atoms with Crippen molar-refractivity contribution in [3.63, 3.8) is 0 Å². The minimum Gasteiger partial charge on any atom is -0.493 e. The quantitative estimate of drug-likeness (QED) is 0.242. The molecule has 8 nitrogen and oxygen atoms in total. The summed E-state index contributed by atoms with van der Waals surface area (Å²) in [4.78, 5) is 16.3. The summed E-state index contributed by atoms with van der Waals surface area (Å²) in [6.07, 6.45) is 3.70. The average molecular weight is 594 g/mol. The van der Waals surface area contributed by atoms with Crippen LogP contribution in [-0.2, 0) is 14.8 Å². The van der Waals surface area contributed by atoms with Crippen LogP contribution < -0.4 is 10.1 Å². The Hall–Kier alpha value is -3.02. The third kappa shape index (κ3) is 6.42. The summed E-state index contributed by atoms with van der Waals surface area (Å²) in [6, 6.07) is 18.8. The van der Waals surface area contributed by atoms with Crippen LogP contribution in [-0.4, -0.2) is 76.1 Å². The smallest absolute Gasteiger partial charge is 0.260 e. The molecule has 41 heavy (non-hydrogen) atoms. The predicted octanol–water partition coefficient (Wildman–Crippen LogP) is 5.58. The van der Waals surface area contributed by atoms with E-state index in [9.17, 15) is 13.2 Å². The lowest BCUT2D eigenvalue weighted by Crippen LogP contribution is -2.36. The number of amides is 1. The van der Waals surface area contributed by atoms with Gasteiger partial charge in [0, 0.05) is 30.9 Å². The van der Waals surface area contributed by atoms with E-state index in [1.165, 1.54) is 11.3 Å². The van der Waals surface area contributed by atoms with E-state index < -0.39 is 10.0 Å². The maximum atomic E-state index is 13.5. The number of morpholine rings is 1. The van der Waals surface area contributed by atoms with Crippen LogP contribution in [0, 0.1) is 0 Å². The summed E-state index contributed by atoms with van der Waals surface area (Å²) in [6.45, 7) is 6.22. The Morgan fingerprint density at radius 1 is 0.902 bits per heavy atom. The number of nitrogens with one attached hydrogen (secondary N) is 1. The van der Waals surface area contributed by atoms with Crippen LogP contribution in [0.15, 0.2) is 65.6 Å². The molecule has 2 aliphatic rings. The molecule has 2 fully saturated rings. The first-order valence-corrected chi connectivity index (χ1v) is 16.5. The monoisotopic (exact) mass is 593 g/mol. The van der Waals surface area contributed by atoms with Gasteiger partial charge in [-0.1, -0.05) is 30.3 Å². The molecular weight excluding hydrogens is 558 g/mol. The van der Waals surface area contributed by atoms with Crippen molar-refractivity contribution in [2.45, 2.75) is 30.6 Å². The highest BCUT2D eigenvalue weighted by molar-refractivity contribution is 7.89. The largest absolute Gasteiger partial charge is 0.493 e. The number of fused-ring (bicyclic) bond motifs is 2. The van der Waals surface area contributed by atoms with Gasteiger partial charge in [-0.05, 0) is 78.7 Å². The number of rotatable bonds is 10. The van der Waals surface area contributed by atoms with Gasteiger partial charge < -0.3 is 14.8 Å². The number of hydrogen-bond donors (Lipinski definition) is 1.